The molecule has 0 radical (unpaired) electrons. The number of carboxylic acids is 3. The number of para-hydroxylation sites is 1. The Hall–Kier alpha value is -11.4. The van der Waals surface area contributed by atoms with E-state index in [9.17, 15) is 76.1 Å². The molecular weight excluding hydrogens is 1510 g/mol. The predicted molar refractivity (Wildman–Crippen MR) is 399 cm³/mol. The van der Waals surface area contributed by atoms with Gasteiger partial charge in [-0.2, -0.15) is 13.2 Å². The number of ether oxygens (including phenoxy) is 3. The van der Waals surface area contributed by atoms with E-state index in [1.165, 1.54) is 11.9 Å². The lowest BCUT2D eigenvalue weighted by molar-refractivity contribution is -0.192. The number of aliphatic carboxylic acids is 3. The number of nitrogens with zero attached hydrogens (tertiary/aromatic N) is 4. The number of rotatable bonds is 29. The van der Waals surface area contributed by atoms with E-state index in [-0.39, 0.29) is 130 Å². The van der Waals surface area contributed by atoms with Crippen LogP contribution >= 0.6 is 0 Å². The molecule has 37 nitrogen and oxygen atoms in total. The minimum atomic E-state index is -5.08. The highest BCUT2D eigenvalue weighted by Crippen LogP contribution is 2.23. The summed E-state index contributed by atoms with van der Waals surface area (Å²) in [5.74, 6) is -14.6. The quantitative estimate of drug-likeness (QED) is 0.0259. The number of unbranched alkanes of at least 4 members (excludes halogenated alkanes) is 1. The lowest BCUT2D eigenvalue weighted by Gasteiger charge is -2.33. The van der Waals surface area contributed by atoms with Crippen molar-refractivity contribution >= 4 is 99.8 Å². The molecule has 3 fully saturated rings. The van der Waals surface area contributed by atoms with E-state index >= 15 is 14.4 Å². The molecule has 4 aromatic rings. The second-order valence-corrected chi connectivity index (χ2v) is 27.0. The average Bonchev–Trinajstić information content (AvgIpc) is 1.63. The van der Waals surface area contributed by atoms with E-state index in [1.54, 1.807) is 90.0 Å². The van der Waals surface area contributed by atoms with E-state index in [1.807, 2.05) is 6.92 Å². The van der Waals surface area contributed by atoms with Crippen molar-refractivity contribution in [2.45, 2.75) is 133 Å². The van der Waals surface area contributed by atoms with Gasteiger partial charge >= 0.3 is 30.1 Å². The Labute approximate surface area is 654 Å². The normalized spacial score (nSPS) is 20.6. The number of carbonyl (C=O) groups excluding carboxylic acids is 12. The van der Waals surface area contributed by atoms with Crippen LogP contribution in [0, 0.1) is 0 Å². The molecule has 0 unspecified atom stereocenters. The minimum absolute atomic E-state index is 0.0600. The number of aromatic amines is 1. The maximum atomic E-state index is 15.2. The number of carbonyl (C=O) groups is 15. The van der Waals surface area contributed by atoms with E-state index in [4.69, 9.17) is 29.8 Å². The Kier molecular flexibility index (Phi) is 37.9. The number of nitrogens with two attached hydrogens (primary N) is 1. The molecule has 3 saturated heterocycles. The van der Waals surface area contributed by atoms with E-state index in [2.05, 4.69) is 58.2 Å². The van der Waals surface area contributed by atoms with Crippen LogP contribution in [0.2, 0.25) is 0 Å². The molecule has 4 heterocycles. The Morgan fingerprint density at radius 2 is 1.18 bits per heavy atom. The number of nitrogens with one attached hydrogen (secondary N) is 11. The molecule has 0 aliphatic carbocycles. The van der Waals surface area contributed by atoms with Crippen molar-refractivity contribution in [1.82, 2.24) is 77.8 Å². The molecule has 3 aromatic carbocycles. The van der Waals surface area contributed by atoms with Gasteiger partial charge in [-0.3, -0.25) is 67.2 Å². The van der Waals surface area contributed by atoms with Crippen LogP contribution in [-0.2, 0) is 107 Å². The number of likely N-dealkylation sites (N-methyl/N-ethyl adjacent to an activating group) is 1. The summed E-state index contributed by atoms with van der Waals surface area (Å²) in [6, 6.07) is 11.6. The third-order valence-corrected chi connectivity index (χ3v) is 18.4. The first-order chi connectivity index (χ1) is 54.4. The Morgan fingerprint density at radius 3 is 1.85 bits per heavy atom. The smallest absolute Gasteiger partial charge is 0.481 e. The zero-order valence-electron chi connectivity index (χ0n) is 63.3. The summed E-state index contributed by atoms with van der Waals surface area (Å²) in [4.78, 5) is 212. The van der Waals surface area contributed by atoms with Crippen LogP contribution in [-0.4, -0.2) is 296 Å². The number of fused-ring (bicyclic) bond motifs is 2. The van der Waals surface area contributed by atoms with Crippen LogP contribution < -0.4 is 58.9 Å². The number of urea groups is 1. The Morgan fingerprint density at radius 1 is 0.579 bits per heavy atom. The van der Waals surface area contributed by atoms with Gasteiger partial charge in [-0.25, -0.2) is 9.59 Å². The highest BCUT2D eigenvalue weighted by Gasteiger charge is 2.41. The Balaban J connectivity index is 0.00000275. The number of carboxylic acid groups (broad SMARTS) is 3. The van der Waals surface area contributed by atoms with Crippen molar-refractivity contribution in [3.63, 3.8) is 0 Å². The summed E-state index contributed by atoms with van der Waals surface area (Å²) < 4.78 is 48.2. The first-order valence-electron chi connectivity index (χ1n) is 37.2. The standard InChI is InChI=1S/C72H100N16O19.C2HF3O2/c1-3-30-105-31-22-53-67(99)82-55(37-49-40-75-51-15-8-7-14-50(49)51)65(97)78-42-60(90)80-52(16-9-10-24-74-72(104)87-28-26-86(27-29-87)44-64(95)96)66(98)84-56(38-63(93)94)71(103)88-25-11-17-57(88)69(101)79-41-59(89)77-43-62(92)85(2)58(36-46-12-5-4-6-13-46)70(102)83-54(68(100)81-53)35-47-18-20-48(21-19-47)39-76-61(91)45-107-34-33-106-32-23-73;3-2(4,5)1(6)7/h4-8,12-15,18-21,40,52-58,75H,3,9-11,16-17,22-39,41-45,73H2,1-2H3,(H,74,104)(H,76,91)(H,77,89)(H,78,97)(H,79,101)(H,80,90)(H,81,100)(H,82,99)(H,83,102)(H,84,98)(H,93,94)(H,95,96);(H,6,7)/t52-,53-,54-,55-,56-,57+,58-;/m0./s1. The molecule has 7 atom stereocenters. The van der Waals surface area contributed by atoms with Crippen molar-refractivity contribution in [2.75, 3.05) is 119 Å². The van der Waals surface area contributed by atoms with Crippen molar-refractivity contribution in [3.05, 3.63) is 107 Å². The third-order valence-electron chi connectivity index (χ3n) is 18.4. The topological polar surface area (TPSA) is 519 Å². The summed E-state index contributed by atoms with van der Waals surface area (Å²) in [5.41, 5.74) is 8.43. The summed E-state index contributed by atoms with van der Waals surface area (Å²) >= 11 is 0. The summed E-state index contributed by atoms with van der Waals surface area (Å²) in [5, 5.41) is 53.6. The van der Waals surface area contributed by atoms with Gasteiger partial charge in [-0.15, -0.1) is 0 Å². The monoisotopic (exact) mass is 1610 g/mol. The lowest BCUT2D eigenvalue weighted by Crippen LogP contribution is -2.60. The van der Waals surface area contributed by atoms with Gasteiger partial charge in [-0.1, -0.05) is 79.7 Å². The molecule has 13 amide bonds. The molecule has 114 heavy (non-hydrogen) atoms. The zero-order valence-corrected chi connectivity index (χ0v) is 63.3. The van der Waals surface area contributed by atoms with E-state index in [0.29, 0.717) is 65.8 Å². The number of aromatic nitrogens is 1. The number of alkyl halides is 3. The average molecular weight is 1610 g/mol. The number of amides is 13. The minimum Gasteiger partial charge on any atom is -0.481 e. The lowest BCUT2D eigenvalue weighted by atomic mass is 10.00. The highest BCUT2D eigenvalue weighted by molar-refractivity contribution is 6.00. The van der Waals surface area contributed by atoms with Gasteiger partial charge in [0.05, 0.1) is 52.4 Å². The highest BCUT2D eigenvalue weighted by atomic mass is 19.4. The molecule has 0 spiro atoms. The molecule has 624 valence electrons. The third kappa shape index (κ3) is 31.3. The van der Waals surface area contributed by atoms with Crippen LogP contribution in [0.5, 0.6) is 0 Å². The second-order valence-electron chi connectivity index (χ2n) is 27.0. The number of H-pyrrole nitrogens is 1. The fourth-order valence-corrected chi connectivity index (χ4v) is 12.3. The van der Waals surface area contributed by atoms with Crippen LogP contribution in [0.4, 0.5) is 18.0 Å². The molecule has 16 N–H and O–H groups in total. The van der Waals surface area contributed by atoms with Gasteiger partial charge in [0, 0.05) is 109 Å². The Bertz CT molecular complexity index is 3920. The molecule has 3 aliphatic heterocycles. The number of hydrogen-bond acceptors (Lipinski definition) is 20. The molecule has 3 aliphatic rings. The van der Waals surface area contributed by atoms with Crippen molar-refractivity contribution in [2.24, 2.45) is 5.73 Å². The van der Waals surface area contributed by atoms with Crippen molar-refractivity contribution < 1.29 is 115 Å². The van der Waals surface area contributed by atoms with Crippen LogP contribution in [0.1, 0.15) is 80.5 Å². The molecule has 40 heteroatoms. The molecule has 0 bridgehead atoms. The summed E-state index contributed by atoms with van der Waals surface area (Å²) in [6.45, 7) is 1.82. The molecule has 1 aromatic heterocycles. The maximum Gasteiger partial charge on any atom is 0.490 e. The van der Waals surface area contributed by atoms with E-state index in [0.717, 1.165) is 9.80 Å². The van der Waals surface area contributed by atoms with Gasteiger partial charge in [0.15, 0.2) is 0 Å². The summed E-state index contributed by atoms with van der Waals surface area (Å²) in [6.07, 6.45) is -4.06. The van der Waals surface area contributed by atoms with E-state index < -0.39 is 163 Å². The van der Waals surface area contributed by atoms with Gasteiger partial charge in [-0.05, 0) is 73.3 Å². The second kappa shape index (κ2) is 47.2. The van der Waals surface area contributed by atoms with Gasteiger partial charge in [0.2, 0.25) is 65.0 Å². The number of hydrogen-bond donors (Lipinski definition) is 15. The fourth-order valence-electron chi connectivity index (χ4n) is 12.3. The number of halogens is 3. The van der Waals surface area contributed by atoms with Gasteiger partial charge < -0.3 is 108 Å². The molecule has 0 saturated carbocycles. The molecular formula is C74H101F3N16O21. The van der Waals surface area contributed by atoms with Crippen LogP contribution in [0.25, 0.3) is 10.9 Å². The zero-order chi connectivity index (χ0) is 83.3. The van der Waals surface area contributed by atoms with Crippen LogP contribution in [0.3, 0.4) is 0 Å². The summed E-state index contributed by atoms with van der Waals surface area (Å²) in [7, 11) is 1.32. The van der Waals surface area contributed by atoms with Gasteiger partial charge in [0.1, 0.15) is 48.9 Å². The number of piperazine rings is 1. The maximum absolute atomic E-state index is 15.2. The predicted octanol–water partition coefficient (Wildman–Crippen LogP) is -2.09. The molecule has 7 rings (SSSR count). The largest absolute Gasteiger partial charge is 0.490 e. The van der Waals surface area contributed by atoms with Gasteiger partial charge in [0.25, 0.3) is 0 Å². The first kappa shape index (κ1) is 91.5. The van der Waals surface area contributed by atoms with Crippen molar-refractivity contribution in [3.8, 4) is 0 Å². The van der Waals surface area contributed by atoms with Crippen LogP contribution in [0.15, 0.2) is 85.1 Å². The fraction of sp³-hybridized carbons (Fsp3) is 0.527. The van der Waals surface area contributed by atoms with Crippen molar-refractivity contribution in [1.29, 1.82) is 0 Å². The SMILES string of the molecule is CCCOCC[C@@H]1NC(=O)[C@H](Cc2ccc(CNC(=O)COCCOCCN)cc2)NC(=O)[C@H](Cc2ccccc2)N(C)C(=O)CNC(=O)CNC(=O)[C@H]2CCCN2C(=O)[C@H](CC(=O)O)NC(=O)[C@H](CCCCNC(=O)N2CCN(CC(=O)O)CC2)NC(=O)CNC(=O)[C@H](Cc2c[nH]c3ccccc23)NC1=O.O=C(O)C(F)(F)F. The first-order valence-corrected chi connectivity index (χ1v) is 37.2. The number of benzene rings is 3.